The van der Waals surface area contributed by atoms with Gasteiger partial charge in [-0.25, -0.2) is 0 Å². The first kappa shape index (κ1) is 12.2. The van der Waals surface area contributed by atoms with Crippen molar-refractivity contribution in [1.82, 2.24) is 4.90 Å². The molecular weight excluding hydrogens is 218 g/mol. The molecule has 18 heavy (non-hydrogen) atoms. The van der Waals surface area contributed by atoms with E-state index in [1.165, 1.54) is 44.5 Å². The zero-order valence-electron chi connectivity index (χ0n) is 12.0. The topological polar surface area (TPSA) is 3.24 Å². The van der Waals surface area contributed by atoms with E-state index in [1.807, 2.05) is 0 Å². The van der Waals surface area contributed by atoms with Gasteiger partial charge in [-0.1, -0.05) is 45.0 Å². The molecule has 2 bridgehead atoms. The summed E-state index contributed by atoms with van der Waals surface area (Å²) in [5, 5.41) is 0. The predicted molar refractivity (Wildman–Crippen MR) is 77.1 cm³/mol. The fraction of sp³-hybridized carbons (Fsp3) is 0.647. The van der Waals surface area contributed by atoms with Gasteiger partial charge in [0.1, 0.15) is 0 Å². The summed E-state index contributed by atoms with van der Waals surface area (Å²) in [5.41, 5.74) is 3.82. The molecule has 0 aromatic heterocycles. The molecule has 0 atom stereocenters. The Bertz CT molecular complexity index is 402. The molecule has 0 aliphatic carbocycles. The minimum Gasteiger partial charge on any atom is -0.303 e. The van der Waals surface area contributed by atoms with Crippen molar-refractivity contribution in [3.63, 3.8) is 0 Å². The lowest BCUT2D eigenvalue weighted by molar-refractivity contribution is 0.0817. The maximum Gasteiger partial charge on any atom is -0.00102 e. The number of fused-ring (bicyclic) bond motifs is 3. The summed E-state index contributed by atoms with van der Waals surface area (Å²) >= 11 is 0. The second kappa shape index (κ2) is 4.09. The molecule has 0 radical (unpaired) electrons. The van der Waals surface area contributed by atoms with Crippen LogP contribution in [-0.4, -0.2) is 24.5 Å². The molecule has 3 aliphatic heterocycles. The van der Waals surface area contributed by atoms with Crippen LogP contribution in [0.3, 0.4) is 0 Å². The molecule has 3 saturated heterocycles. The lowest BCUT2D eigenvalue weighted by Crippen LogP contribution is -2.50. The van der Waals surface area contributed by atoms with E-state index in [0.29, 0.717) is 5.41 Å². The van der Waals surface area contributed by atoms with Crippen molar-refractivity contribution in [2.75, 3.05) is 19.6 Å². The summed E-state index contributed by atoms with van der Waals surface area (Å²) in [4.78, 5) is 2.62. The van der Waals surface area contributed by atoms with Gasteiger partial charge in [0.2, 0.25) is 0 Å². The Balaban J connectivity index is 1.88. The summed E-state index contributed by atoms with van der Waals surface area (Å²) < 4.78 is 0. The number of hydrogen-bond donors (Lipinski definition) is 0. The standard InChI is InChI=1S/C17H25N/c1-16(2,3)14-4-6-15(7-5-14)17-8-11-18(12-9-17)13-10-17/h4-7H,8-13H2,1-3H3. The van der Waals surface area contributed by atoms with E-state index in [4.69, 9.17) is 0 Å². The van der Waals surface area contributed by atoms with Crippen LogP contribution >= 0.6 is 0 Å². The molecule has 1 heteroatoms. The Morgan fingerprint density at radius 3 is 1.83 bits per heavy atom. The van der Waals surface area contributed by atoms with E-state index in [-0.39, 0.29) is 5.41 Å². The third kappa shape index (κ3) is 1.99. The monoisotopic (exact) mass is 243 g/mol. The van der Waals surface area contributed by atoms with E-state index in [1.54, 1.807) is 5.56 Å². The highest BCUT2D eigenvalue weighted by molar-refractivity contribution is 5.33. The summed E-state index contributed by atoms with van der Waals surface area (Å²) in [6.45, 7) is 10.8. The van der Waals surface area contributed by atoms with Crippen molar-refractivity contribution in [3.8, 4) is 0 Å². The van der Waals surface area contributed by atoms with Crippen LogP contribution in [0.4, 0.5) is 0 Å². The maximum absolute atomic E-state index is 2.62. The van der Waals surface area contributed by atoms with Crippen molar-refractivity contribution in [2.24, 2.45) is 0 Å². The molecule has 3 fully saturated rings. The minimum atomic E-state index is 0.270. The van der Waals surface area contributed by atoms with Crippen LogP contribution in [0.15, 0.2) is 24.3 Å². The molecule has 4 rings (SSSR count). The second-order valence-corrected chi connectivity index (χ2v) is 7.20. The van der Waals surface area contributed by atoms with Crippen LogP contribution in [0.2, 0.25) is 0 Å². The average molecular weight is 243 g/mol. The first-order chi connectivity index (χ1) is 8.50. The third-order valence-electron chi connectivity index (χ3n) is 5.08. The van der Waals surface area contributed by atoms with E-state index < -0.39 is 0 Å². The molecule has 0 spiro atoms. The van der Waals surface area contributed by atoms with Crippen molar-refractivity contribution in [3.05, 3.63) is 35.4 Å². The molecular formula is C17H25N. The van der Waals surface area contributed by atoms with Crippen LogP contribution < -0.4 is 0 Å². The van der Waals surface area contributed by atoms with Crippen LogP contribution in [0.25, 0.3) is 0 Å². The highest BCUT2D eigenvalue weighted by atomic mass is 15.1. The first-order valence-corrected chi connectivity index (χ1v) is 7.33. The fourth-order valence-electron chi connectivity index (χ4n) is 3.58. The van der Waals surface area contributed by atoms with E-state index in [9.17, 15) is 0 Å². The van der Waals surface area contributed by atoms with Gasteiger partial charge in [-0.3, -0.25) is 0 Å². The molecule has 98 valence electrons. The van der Waals surface area contributed by atoms with Gasteiger partial charge in [0.05, 0.1) is 0 Å². The van der Waals surface area contributed by atoms with E-state index >= 15 is 0 Å². The zero-order chi connectivity index (χ0) is 12.8. The molecule has 1 aromatic rings. The lowest BCUT2D eigenvalue weighted by atomic mass is 9.67. The maximum atomic E-state index is 2.62. The van der Waals surface area contributed by atoms with Gasteiger partial charge < -0.3 is 4.90 Å². The normalized spacial score (nSPS) is 31.6. The van der Waals surface area contributed by atoms with Gasteiger partial charge in [0, 0.05) is 0 Å². The highest BCUT2D eigenvalue weighted by Crippen LogP contribution is 2.43. The summed E-state index contributed by atoms with van der Waals surface area (Å²) in [6, 6.07) is 9.51. The summed E-state index contributed by atoms with van der Waals surface area (Å²) in [6.07, 6.45) is 4.09. The average Bonchev–Trinajstić information content (AvgIpc) is 2.40. The molecule has 0 unspecified atom stereocenters. The van der Waals surface area contributed by atoms with Crippen LogP contribution in [0, 0.1) is 0 Å². The molecule has 1 aromatic carbocycles. The largest absolute Gasteiger partial charge is 0.303 e. The smallest absolute Gasteiger partial charge is 0.00102 e. The van der Waals surface area contributed by atoms with Crippen LogP contribution in [0.5, 0.6) is 0 Å². The summed E-state index contributed by atoms with van der Waals surface area (Å²) in [5.74, 6) is 0. The number of hydrogen-bond acceptors (Lipinski definition) is 1. The van der Waals surface area contributed by atoms with Crippen molar-refractivity contribution in [1.29, 1.82) is 0 Å². The molecule has 0 N–H and O–H groups in total. The highest BCUT2D eigenvalue weighted by Gasteiger charge is 2.40. The molecule has 0 amide bonds. The third-order valence-corrected chi connectivity index (χ3v) is 5.08. The molecule has 3 heterocycles. The Morgan fingerprint density at radius 1 is 0.889 bits per heavy atom. The van der Waals surface area contributed by atoms with Crippen LogP contribution in [0.1, 0.15) is 51.2 Å². The Hall–Kier alpha value is -0.820. The van der Waals surface area contributed by atoms with Gasteiger partial charge >= 0.3 is 0 Å². The Kier molecular flexibility index (Phi) is 2.78. The van der Waals surface area contributed by atoms with E-state index in [0.717, 1.165) is 0 Å². The van der Waals surface area contributed by atoms with Gasteiger partial charge in [-0.2, -0.15) is 0 Å². The number of piperidine rings is 3. The predicted octanol–water partition coefficient (Wildman–Crippen LogP) is 3.72. The molecule has 1 nitrogen and oxygen atoms in total. The number of rotatable bonds is 1. The van der Waals surface area contributed by atoms with Gasteiger partial charge in [0.15, 0.2) is 0 Å². The number of nitrogens with zero attached hydrogens (tertiary/aromatic N) is 1. The molecule has 3 aliphatic rings. The molecule has 0 saturated carbocycles. The lowest BCUT2D eigenvalue weighted by Gasteiger charge is -2.49. The van der Waals surface area contributed by atoms with Crippen molar-refractivity contribution in [2.45, 2.75) is 50.9 Å². The zero-order valence-corrected chi connectivity index (χ0v) is 12.0. The minimum absolute atomic E-state index is 0.270. The summed E-state index contributed by atoms with van der Waals surface area (Å²) in [7, 11) is 0. The van der Waals surface area contributed by atoms with Crippen molar-refractivity contribution < 1.29 is 0 Å². The van der Waals surface area contributed by atoms with Gasteiger partial charge in [0.25, 0.3) is 0 Å². The first-order valence-electron chi connectivity index (χ1n) is 7.33. The SMILES string of the molecule is CC(C)(C)c1ccc(C23CCN(CC2)CC3)cc1. The van der Waals surface area contributed by atoms with Gasteiger partial charge in [-0.15, -0.1) is 0 Å². The van der Waals surface area contributed by atoms with Gasteiger partial charge in [-0.05, 0) is 60.9 Å². The van der Waals surface area contributed by atoms with Crippen LogP contribution in [-0.2, 0) is 10.8 Å². The quantitative estimate of drug-likeness (QED) is 0.726. The van der Waals surface area contributed by atoms with E-state index in [2.05, 4.69) is 49.9 Å². The number of benzene rings is 1. The Morgan fingerprint density at radius 2 is 1.39 bits per heavy atom. The second-order valence-electron chi connectivity index (χ2n) is 7.20. The fourth-order valence-corrected chi connectivity index (χ4v) is 3.58. The van der Waals surface area contributed by atoms with Crippen molar-refractivity contribution >= 4 is 0 Å². The Labute approximate surface area is 111 Å².